The predicted molar refractivity (Wildman–Crippen MR) is 59.4 cm³/mol. The Morgan fingerprint density at radius 2 is 2.06 bits per heavy atom. The number of aliphatic hydroxyl groups is 2. The molecule has 0 saturated heterocycles. The third kappa shape index (κ3) is 2.98. The normalized spacial score (nSPS) is 10.6. The van der Waals surface area contributed by atoms with Gasteiger partial charge in [0.05, 0.1) is 24.2 Å². The molecule has 0 amide bonds. The van der Waals surface area contributed by atoms with Crippen molar-refractivity contribution in [2.24, 2.45) is 0 Å². The second-order valence-corrected chi connectivity index (χ2v) is 3.33. The molecule has 0 aromatic carbocycles. The molecule has 0 spiro atoms. The number of nitrogens with zero attached hydrogens (tertiary/aromatic N) is 3. The Kier molecular flexibility index (Phi) is 4.12. The van der Waals surface area contributed by atoms with Gasteiger partial charge in [-0.15, -0.1) is 0 Å². The highest BCUT2D eigenvalue weighted by Crippen LogP contribution is 2.26. The van der Waals surface area contributed by atoms with Crippen molar-refractivity contribution in [3.8, 4) is 0 Å². The topological polar surface area (TPSA) is 147 Å². The maximum Gasteiger partial charge on any atom is 0.332 e. The van der Waals surface area contributed by atoms with Crippen LogP contribution in [0.4, 0.5) is 17.5 Å². The molecule has 0 atom stereocenters. The summed E-state index contributed by atoms with van der Waals surface area (Å²) in [4.78, 5) is 17.5. The van der Waals surface area contributed by atoms with E-state index in [4.69, 9.17) is 15.9 Å². The summed E-state index contributed by atoms with van der Waals surface area (Å²) >= 11 is 0. The van der Waals surface area contributed by atoms with Crippen LogP contribution in [-0.4, -0.2) is 44.4 Å². The standard InChI is InChI=1S/C8H13N5O4/c1-4-6(13(16)17)7(12-8(9)10-4)11-5(2-14)3-15/h5,14-15H,2-3H2,1H3,(H3,9,10,11,12). The molecule has 0 bridgehead atoms. The van der Waals surface area contributed by atoms with E-state index >= 15 is 0 Å². The second kappa shape index (κ2) is 5.37. The first-order valence-electron chi connectivity index (χ1n) is 4.76. The summed E-state index contributed by atoms with van der Waals surface area (Å²) in [5.74, 6) is -0.238. The largest absolute Gasteiger partial charge is 0.394 e. The minimum atomic E-state index is -0.748. The monoisotopic (exact) mass is 243 g/mol. The highest BCUT2D eigenvalue weighted by Gasteiger charge is 2.23. The van der Waals surface area contributed by atoms with Crippen molar-refractivity contribution in [3.63, 3.8) is 0 Å². The van der Waals surface area contributed by atoms with Crippen molar-refractivity contribution in [2.45, 2.75) is 13.0 Å². The van der Waals surface area contributed by atoms with Gasteiger partial charge in [-0.3, -0.25) is 10.1 Å². The molecule has 0 radical (unpaired) electrons. The van der Waals surface area contributed by atoms with Crippen molar-refractivity contribution in [1.82, 2.24) is 9.97 Å². The summed E-state index contributed by atoms with van der Waals surface area (Å²) in [6.45, 7) is 0.640. The van der Waals surface area contributed by atoms with E-state index in [9.17, 15) is 10.1 Å². The van der Waals surface area contributed by atoms with Crippen LogP contribution in [0.1, 0.15) is 5.69 Å². The number of anilines is 2. The third-order valence-corrected chi connectivity index (χ3v) is 2.04. The van der Waals surface area contributed by atoms with Crippen LogP contribution >= 0.6 is 0 Å². The van der Waals surface area contributed by atoms with Gasteiger partial charge in [-0.25, -0.2) is 4.98 Å². The van der Waals surface area contributed by atoms with E-state index in [0.717, 1.165) is 0 Å². The number of rotatable bonds is 5. The number of nitro groups is 1. The predicted octanol–water partition coefficient (Wildman–Crippen LogP) is -0.959. The molecule has 1 aromatic heterocycles. The minimum Gasteiger partial charge on any atom is -0.394 e. The Labute approximate surface area is 96.5 Å². The molecule has 1 aromatic rings. The summed E-state index contributed by atoms with van der Waals surface area (Å²) in [6.07, 6.45) is 0. The van der Waals surface area contributed by atoms with Crippen molar-refractivity contribution >= 4 is 17.5 Å². The third-order valence-electron chi connectivity index (χ3n) is 2.04. The fourth-order valence-corrected chi connectivity index (χ4v) is 1.25. The fraction of sp³-hybridized carbons (Fsp3) is 0.500. The lowest BCUT2D eigenvalue weighted by Crippen LogP contribution is -2.29. The Morgan fingerprint density at radius 1 is 1.47 bits per heavy atom. The molecule has 17 heavy (non-hydrogen) atoms. The summed E-state index contributed by atoms with van der Waals surface area (Å²) in [7, 11) is 0. The zero-order valence-corrected chi connectivity index (χ0v) is 9.12. The quantitative estimate of drug-likeness (QED) is 0.381. The van der Waals surface area contributed by atoms with Crippen molar-refractivity contribution < 1.29 is 15.1 Å². The van der Waals surface area contributed by atoms with E-state index in [1.807, 2.05) is 0 Å². The van der Waals surface area contributed by atoms with Crippen molar-refractivity contribution in [1.29, 1.82) is 0 Å². The van der Waals surface area contributed by atoms with Crippen LogP contribution in [0.15, 0.2) is 0 Å². The molecule has 0 aliphatic heterocycles. The molecule has 9 nitrogen and oxygen atoms in total. The molecule has 9 heteroatoms. The van der Waals surface area contributed by atoms with Crippen LogP contribution in [0.5, 0.6) is 0 Å². The Morgan fingerprint density at radius 3 is 2.53 bits per heavy atom. The highest BCUT2D eigenvalue weighted by atomic mass is 16.6. The summed E-state index contributed by atoms with van der Waals surface area (Å²) < 4.78 is 0. The lowest BCUT2D eigenvalue weighted by molar-refractivity contribution is -0.385. The molecule has 94 valence electrons. The molecule has 1 heterocycles. The molecular weight excluding hydrogens is 230 g/mol. The average molecular weight is 243 g/mol. The van der Waals surface area contributed by atoms with Gasteiger partial charge in [0.1, 0.15) is 5.69 Å². The molecule has 0 aliphatic rings. The molecule has 0 unspecified atom stereocenters. The van der Waals surface area contributed by atoms with Gasteiger partial charge >= 0.3 is 5.69 Å². The van der Waals surface area contributed by atoms with Crippen LogP contribution < -0.4 is 11.1 Å². The van der Waals surface area contributed by atoms with Crippen molar-refractivity contribution in [3.05, 3.63) is 15.8 Å². The molecule has 0 aliphatic carbocycles. The van der Waals surface area contributed by atoms with Gasteiger partial charge in [0.25, 0.3) is 0 Å². The zero-order valence-electron chi connectivity index (χ0n) is 9.12. The number of nitrogens with one attached hydrogen (secondary N) is 1. The summed E-state index contributed by atoms with van der Waals surface area (Å²) in [5.41, 5.74) is 5.16. The van der Waals surface area contributed by atoms with Gasteiger partial charge in [0, 0.05) is 0 Å². The lowest BCUT2D eigenvalue weighted by atomic mass is 10.3. The lowest BCUT2D eigenvalue weighted by Gasteiger charge is -2.14. The molecule has 5 N–H and O–H groups in total. The number of hydrogen-bond donors (Lipinski definition) is 4. The maximum atomic E-state index is 10.8. The second-order valence-electron chi connectivity index (χ2n) is 3.33. The zero-order chi connectivity index (χ0) is 13.0. The van der Waals surface area contributed by atoms with Gasteiger partial charge in [-0.2, -0.15) is 4.98 Å². The van der Waals surface area contributed by atoms with Crippen LogP contribution in [-0.2, 0) is 0 Å². The summed E-state index contributed by atoms with van der Waals surface area (Å²) in [5, 5.41) is 31.1. The molecule has 1 rings (SSSR count). The van der Waals surface area contributed by atoms with E-state index in [1.54, 1.807) is 0 Å². The van der Waals surface area contributed by atoms with Gasteiger partial charge in [0.15, 0.2) is 0 Å². The van der Waals surface area contributed by atoms with E-state index in [0.29, 0.717) is 0 Å². The highest BCUT2D eigenvalue weighted by molar-refractivity contribution is 5.60. The molecular formula is C8H13N5O4. The van der Waals surface area contributed by atoms with Crippen LogP contribution in [0.2, 0.25) is 0 Å². The Bertz CT molecular complexity index is 421. The Hall–Kier alpha value is -2.00. The number of hydrogen-bond acceptors (Lipinski definition) is 8. The Balaban J connectivity index is 3.16. The van der Waals surface area contributed by atoms with Gasteiger partial charge in [-0.05, 0) is 6.92 Å². The number of aromatic nitrogens is 2. The van der Waals surface area contributed by atoms with Crippen LogP contribution in [0, 0.1) is 17.0 Å². The van der Waals surface area contributed by atoms with Gasteiger partial charge in [-0.1, -0.05) is 0 Å². The minimum absolute atomic E-state index is 0.111. The smallest absolute Gasteiger partial charge is 0.332 e. The molecule has 0 fully saturated rings. The number of nitrogen functional groups attached to an aromatic ring is 1. The first-order valence-corrected chi connectivity index (χ1v) is 4.76. The first-order chi connectivity index (χ1) is 7.99. The van der Waals surface area contributed by atoms with Crippen molar-refractivity contribution in [2.75, 3.05) is 24.3 Å². The summed E-state index contributed by atoms with van der Waals surface area (Å²) in [6, 6.07) is -0.748. The molecule has 0 saturated carbocycles. The van der Waals surface area contributed by atoms with Gasteiger partial charge < -0.3 is 21.3 Å². The van der Waals surface area contributed by atoms with Gasteiger partial charge in [0.2, 0.25) is 11.8 Å². The van der Waals surface area contributed by atoms with E-state index < -0.39 is 24.2 Å². The van der Waals surface area contributed by atoms with E-state index in [2.05, 4.69) is 15.3 Å². The van der Waals surface area contributed by atoms with Crippen LogP contribution in [0.3, 0.4) is 0 Å². The number of aliphatic hydroxyl groups excluding tert-OH is 2. The maximum absolute atomic E-state index is 10.8. The fourth-order valence-electron chi connectivity index (χ4n) is 1.25. The SMILES string of the molecule is Cc1nc(N)nc(NC(CO)CO)c1[N+](=O)[O-]. The average Bonchev–Trinajstić information content (AvgIpc) is 2.24. The number of aryl methyl sites for hydroxylation is 1. The van der Waals surface area contributed by atoms with E-state index in [-0.39, 0.29) is 23.1 Å². The van der Waals surface area contributed by atoms with Crippen LogP contribution in [0.25, 0.3) is 0 Å². The van der Waals surface area contributed by atoms with E-state index in [1.165, 1.54) is 6.92 Å². The first kappa shape index (κ1) is 13.1. The number of nitrogens with two attached hydrogens (primary N) is 1.